The molecule has 1 aliphatic heterocycles. The van der Waals surface area contributed by atoms with Gasteiger partial charge in [0.1, 0.15) is 6.07 Å². The predicted molar refractivity (Wildman–Crippen MR) is 62.0 cm³/mol. The molecule has 1 saturated heterocycles. The largest absolute Gasteiger partial charge is 0.355 e. The first-order chi connectivity index (χ1) is 7.61. The fraction of sp³-hybridized carbons (Fsp3) is 0.583. The summed E-state index contributed by atoms with van der Waals surface area (Å²) in [7, 11) is 0. The number of hydrogen-bond donors (Lipinski definition) is 0. The Morgan fingerprint density at radius 1 is 1.38 bits per heavy atom. The molecule has 4 nitrogen and oxygen atoms in total. The van der Waals surface area contributed by atoms with E-state index in [0.29, 0.717) is 11.1 Å². The van der Waals surface area contributed by atoms with Crippen LogP contribution in [0.15, 0.2) is 12.1 Å². The topological polar surface area (TPSA) is 52.8 Å². The van der Waals surface area contributed by atoms with Gasteiger partial charge in [-0.15, -0.1) is 10.2 Å². The Morgan fingerprint density at radius 2 is 2.19 bits per heavy atom. The monoisotopic (exact) mass is 216 g/mol. The fourth-order valence-electron chi connectivity index (χ4n) is 2.17. The SMILES string of the molecule is CC1(C)CCCN(c2ccc(C#N)nn2)C1. The van der Waals surface area contributed by atoms with E-state index >= 15 is 0 Å². The molecule has 0 spiro atoms. The molecule has 0 amide bonds. The summed E-state index contributed by atoms with van der Waals surface area (Å²) < 4.78 is 0. The van der Waals surface area contributed by atoms with Crippen LogP contribution in [0, 0.1) is 16.7 Å². The van der Waals surface area contributed by atoms with E-state index in [4.69, 9.17) is 5.26 Å². The van der Waals surface area contributed by atoms with Gasteiger partial charge in [0, 0.05) is 13.1 Å². The minimum absolute atomic E-state index is 0.341. The number of rotatable bonds is 1. The van der Waals surface area contributed by atoms with Crippen LogP contribution in [0.4, 0.5) is 5.82 Å². The summed E-state index contributed by atoms with van der Waals surface area (Å²) in [5.74, 6) is 0.881. The molecule has 1 fully saturated rings. The summed E-state index contributed by atoms with van der Waals surface area (Å²) in [6.07, 6.45) is 2.45. The standard InChI is InChI=1S/C12H16N4/c1-12(2)6-3-7-16(9-12)11-5-4-10(8-13)14-15-11/h4-5H,3,6-7,9H2,1-2H3. The predicted octanol–water partition coefficient (Wildman–Crippen LogP) is 1.97. The summed E-state index contributed by atoms with van der Waals surface area (Å²) in [5, 5.41) is 16.6. The third-order valence-corrected chi connectivity index (χ3v) is 2.99. The lowest BCUT2D eigenvalue weighted by molar-refractivity contribution is 0.292. The van der Waals surface area contributed by atoms with Gasteiger partial charge in [0.2, 0.25) is 0 Å². The van der Waals surface area contributed by atoms with Crippen LogP contribution in [-0.4, -0.2) is 23.3 Å². The second kappa shape index (κ2) is 4.09. The van der Waals surface area contributed by atoms with Gasteiger partial charge in [0.05, 0.1) is 0 Å². The molecule has 0 radical (unpaired) electrons. The van der Waals surface area contributed by atoms with Crippen LogP contribution in [0.25, 0.3) is 0 Å². The van der Waals surface area contributed by atoms with Gasteiger partial charge in [-0.25, -0.2) is 0 Å². The number of nitrogens with zero attached hydrogens (tertiary/aromatic N) is 4. The molecule has 2 heterocycles. The summed E-state index contributed by atoms with van der Waals surface area (Å²) in [5.41, 5.74) is 0.716. The molecular weight excluding hydrogens is 200 g/mol. The van der Waals surface area contributed by atoms with Crippen LogP contribution >= 0.6 is 0 Å². The Hall–Kier alpha value is -1.63. The average molecular weight is 216 g/mol. The molecule has 1 aliphatic rings. The normalized spacial score (nSPS) is 19.2. The first-order valence-corrected chi connectivity index (χ1v) is 5.59. The summed E-state index contributed by atoms with van der Waals surface area (Å²) in [4.78, 5) is 2.25. The van der Waals surface area contributed by atoms with Crippen molar-refractivity contribution in [1.29, 1.82) is 5.26 Å². The van der Waals surface area contributed by atoms with Crippen molar-refractivity contribution in [3.05, 3.63) is 17.8 Å². The molecule has 0 aromatic carbocycles. The minimum Gasteiger partial charge on any atom is -0.355 e. The third-order valence-electron chi connectivity index (χ3n) is 2.99. The molecule has 0 atom stereocenters. The number of aromatic nitrogens is 2. The second-order valence-corrected chi connectivity index (χ2v) is 5.08. The molecule has 0 saturated carbocycles. The Balaban J connectivity index is 2.15. The highest BCUT2D eigenvalue weighted by atomic mass is 15.3. The van der Waals surface area contributed by atoms with Crippen molar-refractivity contribution in [2.45, 2.75) is 26.7 Å². The van der Waals surface area contributed by atoms with Crippen molar-refractivity contribution in [3.63, 3.8) is 0 Å². The van der Waals surface area contributed by atoms with E-state index in [1.54, 1.807) is 6.07 Å². The molecule has 0 bridgehead atoms. The molecular formula is C12H16N4. The van der Waals surface area contributed by atoms with Gasteiger partial charge in [-0.05, 0) is 30.4 Å². The van der Waals surface area contributed by atoms with Gasteiger partial charge in [0.15, 0.2) is 11.5 Å². The Morgan fingerprint density at radius 3 is 2.75 bits per heavy atom. The second-order valence-electron chi connectivity index (χ2n) is 5.08. The highest BCUT2D eigenvalue weighted by molar-refractivity contribution is 5.39. The van der Waals surface area contributed by atoms with E-state index in [2.05, 4.69) is 28.9 Å². The molecule has 4 heteroatoms. The van der Waals surface area contributed by atoms with E-state index in [-0.39, 0.29) is 0 Å². The Kier molecular flexibility index (Phi) is 2.78. The molecule has 0 unspecified atom stereocenters. The van der Waals surface area contributed by atoms with Crippen molar-refractivity contribution < 1.29 is 0 Å². The van der Waals surface area contributed by atoms with Crippen molar-refractivity contribution in [2.75, 3.05) is 18.0 Å². The molecule has 0 aliphatic carbocycles. The van der Waals surface area contributed by atoms with E-state index in [1.165, 1.54) is 12.8 Å². The Bertz CT molecular complexity index is 402. The average Bonchev–Trinajstić information content (AvgIpc) is 2.28. The maximum absolute atomic E-state index is 8.66. The maximum atomic E-state index is 8.66. The number of nitriles is 1. The molecule has 1 aromatic rings. The van der Waals surface area contributed by atoms with E-state index in [9.17, 15) is 0 Å². The Labute approximate surface area is 95.9 Å². The van der Waals surface area contributed by atoms with Gasteiger partial charge >= 0.3 is 0 Å². The van der Waals surface area contributed by atoms with Crippen LogP contribution in [0.1, 0.15) is 32.4 Å². The van der Waals surface area contributed by atoms with Crippen LogP contribution in [0.5, 0.6) is 0 Å². The summed E-state index contributed by atoms with van der Waals surface area (Å²) >= 11 is 0. The number of piperidine rings is 1. The van der Waals surface area contributed by atoms with Gasteiger partial charge < -0.3 is 4.90 Å². The third kappa shape index (κ3) is 2.30. The first-order valence-electron chi connectivity index (χ1n) is 5.59. The molecule has 84 valence electrons. The van der Waals surface area contributed by atoms with Crippen LogP contribution in [0.2, 0.25) is 0 Å². The van der Waals surface area contributed by atoms with Crippen molar-refractivity contribution in [3.8, 4) is 6.07 Å². The van der Waals surface area contributed by atoms with Gasteiger partial charge in [-0.3, -0.25) is 0 Å². The van der Waals surface area contributed by atoms with E-state index in [0.717, 1.165) is 18.9 Å². The van der Waals surface area contributed by atoms with Crippen molar-refractivity contribution in [1.82, 2.24) is 10.2 Å². The van der Waals surface area contributed by atoms with Crippen molar-refractivity contribution >= 4 is 5.82 Å². The molecule has 1 aromatic heterocycles. The highest BCUT2D eigenvalue weighted by Crippen LogP contribution is 2.30. The van der Waals surface area contributed by atoms with E-state index < -0.39 is 0 Å². The highest BCUT2D eigenvalue weighted by Gasteiger charge is 2.27. The molecule has 2 rings (SSSR count). The van der Waals surface area contributed by atoms with Gasteiger partial charge in [0.25, 0.3) is 0 Å². The van der Waals surface area contributed by atoms with Crippen LogP contribution < -0.4 is 4.90 Å². The zero-order valence-corrected chi connectivity index (χ0v) is 9.77. The smallest absolute Gasteiger partial charge is 0.163 e. The first kappa shape index (κ1) is 10.9. The fourth-order valence-corrected chi connectivity index (χ4v) is 2.17. The summed E-state index contributed by atoms with van der Waals surface area (Å²) in [6.45, 7) is 6.59. The lowest BCUT2D eigenvalue weighted by atomic mass is 9.84. The zero-order valence-electron chi connectivity index (χ0n) is 9.77. The lowest BCUT2D eigenvalue weighted by Gasteiger charge is -2.38. The minimum atomic E-state index is 0.341. The number of anilines is 1. The molecule has 0 N–H and O–H groups in total. The van der Waals surface area contributed by atoms with E-state index in [1.807, 2.05) is 12.1 Å². The quantitative estimate of drug-likeness (QED) is 0.720. The lowest BCUT2D eigenvalue weighted by Crippen LogP contribution is -2.40. The number of hydrogen-bond acceptors (Lipinski definition) is 4. The summed E-state index contributed by atoms with van der Waals surface area (Å²) in [6, 6.07) is 5.59. The van der Waals surface area contributed by atoms with Gasteiger partial charge in [-0.2, -0.15) is 5.26 Å². The van der Waals surface area contributed by atoms with Crippen LogP contribution in [0.3, 0.4) is 0 Å². The zero-order chi connectivity index (χ0) is 11.6. The molecule has 16 heavy (non-hydrogen) atoms. The van der Waals surface area contributed by atoms with Gasteiger partial charge in [-0.1, -0.05) is 13.8 Å². The maximum Gasteiger partial charge on any atom is 0.163 e. The van der Waals surface area contributed by atoms with Crippen LogP contribution in [-0.2, 0) is 0 Å². The van der Waals surface area contributed by atoms with Crippen molar-refractivity contribution in [2.24, 2.45) is 5.41 Å².